The van der Waals surface area contributed by atoms with Crippen molar-refractivity contribution in [1.29, 1.82) is 0 Å². The molecule has 0 saturated carbocycles. The third-order valence-electron chi connectivity index (χ3n) is 4.65. The monoisotopic (exact) mass is 366 g/mol. The van der Waals surface area contributed by atoms with E-state index in [4.69, 9.17) is 14.2 Å². The Morgan fingerprint density at radius 2 is 1.69 bits per heavy atom. The van der Waals surface area contributed by atoms with Crippen molar-refractivity contribution in [2.75, 3.05) is 61.1 Å². The Morgan fingerprint density at radius 3 is 2.31 bits per heavy atom. The molecule has 1 amide bonds. The Hall–Kier alpha value is -2.32. The fraction of sp³-hybridized carbons (Fsp3) is 0.556. The number of carbonyl (C=O) groups excluding carboxylic acids is 1. The molecule has 8 heteroatoms. The van der Waals surface area contributed by atoms with E-state index in [2.05, 4.69) is 17.6 Å². The molecule has 0 spiro atoms. The summed E-state index contributed by atoms with van der Waals surface area (Å²) in [7, 11) is 6.91. The molecule has 0 unspecified atom stereocenters. The topological polar surface area (TPSA) is 78.0 Å². The van der Waals surface area contributed by atoms with Gasteiger partial charge in [-0.15, -0.1) is 0 Å². The van der Waals surface area contributed by atoms with Gasteiger partial charge in [0.1, 0.15) is 31.9 Å². The lowest BCUT2D eigenvalue weighted by atomic mass is 10.2. The van der Waals surface area contributed by atoms with Crippen LogP contribution in [0.3, 0.4) is 0 Å². The van der Waals surface area contributed by atoms with Crippen LogP contribution >= 0.6 is 0 Å². The molecule has 0 bridgehead atoms. The van der Waals surface area contributed by atoms with E-state index in [-0.39, 0.29) is 5.91 Å². The third kappa shape index (κ3) is 5.60. The summed E-state index contributed by atoms with van der Waals surface area (Å²) in [6, 6.07) is 3.48. The molecule has 0 radical (unpaired) electrons. The number of nitrogens with zero attached hydrogens (tertiary/aromatic N) is 1. The second kappa shape index (κ2) is 9.98. The summed E-state index contributed by atoms with van der Waals surface area (Å²) in [4.78, 5) is 15.0. The number of carbonyl (C=O) groups is 1. The molecule has 3 N–H and O–H groups in total. The van der Waals surface area contributed by atoms with Crippen LogP contribution in [-0.4, -0.2) is 73.2 Å². The summed E-state index contributed by atoms with van der Waals surface area (Å²) in [5, 5.41) is 4.04. The zero-order valence-corrected chi connectivity index (χ0v) is 16.1. The normalized spacial score (nSPS) is 20.0. The Kier molecular flexibility index (Phi) is 7.68. The van der Waals surface area contributed by atoms with Crippen molar-refractivity contribution >= 4 is 12.1 Å². The maximum atomic E-state index is 12.0. The van der Waals surface area contributed by atoms with Gasteiger partial charge in [0, 0.05) is 11.6 Å². The Balaban J connectivity index is 1.88. The molecule has 0 aromatic heterocycles. The molecule has 1 saturated heterocycles. The average Bonchev–Trinajstić information content (AvgIpc) is 2.67. The molecule has 0 atom stereocenters. The fourth-order valence-electron chi connectivity index (χ4n) is 2.95. The van der Waals surface area contributed by atoms with Gasteiger partial charge in [0.2, 0.25) is 5.91 Å². The first kappa shape index (κ1) is 20.0. The van der Waals surface area contributed by atoms with Crippen LogP contribution in [0, 0.1) is 0 Å². The molecule has 26 heavy (non-hydrogen) atoms. The molecule has 1 heterocycles. The van der Waals surface area contributed by atoms with Gasteiger partial charge in [-0.25, -0.2) is 5.43 Å². The van der Waals surface area contributed by atoms with Crippen molar-refractivity contribution in [1.82, 2.24) is 5.43 Å². The van der Waals surface area contributed by atoms with Crippen LogP contribution < -0.4 is 29.4 Å². The molecular weight excluding hydrogens is 336 g/mol. The fourth-order valence-corrected chi connectivity index (χ4v) is 2.95. The maximum Gasteiger partial charge on any atom is 0.245 e. The standard InChI is InChI=1S/C18H28N4O4/c1-21-7-9-22(10-8-21)6-5-18(23)20-19-13-14-11-16(25-3)17(26-4)12-15(14)24-2/h11-13H,5-10H2,1-4H3,(H,20,23)/p+2/b19-13-. The summed E-state index contributed by atoms with van der Waals surface area (Å²) < 4.78 is 15.9. The third-order valence-corrected chi connectivity index (χ3v) is 4.65. The predicted molar refractivity (Wildman–Crippen MR) is 98.6 cm³/mol. The number of likely N-dealkylation sites (N-methyl/N-ethyl adjacent to an activating group) is 1. The zero-order chi connectivity index (χ0) is 18.9. The minimum absolute atomic E-state index is 0.0838. The lowest BCUT2D eigenvalue weighted by Gasteiger charge is -2.26. The summed E-state index contributed by atoms with van der Waals surface area (Å²) in [6.45, 7) is 5.40. The van der Waals surface area contributed by atoms with E-state index in [0.717, 1.165) is 32.7 Å². The van der Waals surface area contributed by atoms with Crippen molar-refractivity contribution in [2.45, 2.75) is 6.42 Å². The van der Waals surface area contributed by atoms with Gasteiger partial charge in [-0.2, -0.15) is 5.10 Å². The summed E-state index contributed by atoms with van der Waals surface area (Å²) in [6.07, 6.45) is 2.01. The lowest BCUT2D eigenvalue weighted by Crippen LogP contribution is -3.27. The van der Waals surface area contributed by atoms with Gasteiger partial charge in [0.15, 0.2) is 11.5 Å². The molecule has 2 rings (SSSR count). The zero-order valence-electron chi connectivity index (χ0n) is 16.1. The molecule has 1 aromatic rings. The predicted octanol–water partition coefficient (Wildman–Crippen LogP) is -2.03. The number of ether oxygens (including phenoxy) is 3. The number of hydrazone groups is 1. The first-order valence-electron chi connectivity index (χ1n) is 8.84. The van der Waals surface area contributed by atoms with Gasteiger partial charge in [-0.1, -0.05) is 0 Å². The molecule has 1 aliphatic heterocycles. The SMILES string of the molecule is COc1cc(OC)c(OC)cc1/C=N\NC(=O)CC[NH+]1CC[NH+](C)CC1. The molecule has 8 nitrogen and oxygen atoms in total. The van der Waals surface area contributed by atoms with E-state index in [9.17, 15) is 4.79 Å². The van der Waals surface area contributed by atoms with E-state index in [1.807, 2.05) is 0 Å². The number of hydrogen-bond acceptors (Lipinski definition) is 5. The highest BCUT2D eigenvalue weighted by atomic mass is 16.5. The van der Waals surface area contributed by atoms with Crippen molar-refractivity contribution in [2.24, 2.45) is 5.10 Å². The smallest absolute Gasteiger partial charge is 0.245 e. The molecule has 1 aliphatic rings. The Morgan fingerprint density at radius 1 is 1.08 bits per heavy atom. The van der Waals surface area contributed by atoms with Gasteiger partial charge in [-0.3, -0.25) is 4.79 Å². The number of rotatable bonds is 8. The van der Waals surface area contributed by atoms with Crippen molar-refractivity contribution < 1.29 is 28.8 Å². The number of quaternary nitrogens is 2. The van der Waals surface area contributed by atoms with E-state index >= 15 is 0 Å². The second-order valence-electron chi connectivity index (χ2n) is 6.45. The van der Waals surface area contributed by atoms with Crippen LogP contribution in [0.15, 0.2) is 17.2 Å². The molecular formula is C18H30N4O4+2. The Bertz CT molecular complexity index is 628. The summed E-state index contributed by atoms with van der Waals surface area (Å²) >= 11 is 0. The van der Waals surface area contributed by atoms with E-state index < -0.39 is 0 Å². The lowest BCUT2D eigenvalue weighted by molar-refractivity contribution is -1.00. The van der Waals surface area contributed by atoms with Crippen LogP contribution in [0.2, 0.25) is 0 Å². The van der Waals surface area contributed by atoms with Gasteiger partial charge in [-0.05, 0) is 6.07 Å². The van der Waals surface area contributed by atoms with Crippen LogP contribution in [0.4, 0.5) is 0 Å². The van der Waals surface area contributed by atoms with Gasteiger partial charge >= 0.3 is 0 Å². The highest BCUT2D eigenvalue weighted by Gasteiger charge is 2.20. The van der Waals surface area contributed by atoms with Crippen LogP contribution in [-0.2, 0) is 4.79 Å². The molecule has 1 fully saturated rings. The highest BCUT2D eigenvalue weighted by molar-refractivity contribution is 5.86. The number of hydrogen-bond donors (Lipinski definition) is 3. The van der Waals surface area contributed by atoms with E-state index in [1.165, 1.54) is 4.90 Å². The number of benzene rings is 1. The van der Waals surface area contributed by atoms with Crippen molar-refractivity contribution in [3.05, 3.63) is 17.7 Å². The molecule has 144 valence electrons. The highest BCUT2D eigenvalue weighted by Crippen LogP contribution is 2.33. The van der Waals surface area contributed by atoms with Crippen molar-refractivity contribution in [3.8, 4) is 17.2 Å². The van der Waals surface area contributed by atoms with Crippen molar-refractivity contribution in [3.63, 3.8) is 0 Å². The minimum Gasteiger partial charge on any atom is -0.496 e. The summed E-state index contributed by atoms with van der Waals surface area (Å²) in [5.41, 5.74) is 3.27. The van der Waals surface area contributed by atoms with Crippen LogP contribution in [0.5, 0.6) is 17.2 Å². The second-order valence-corrected chi connectivity index (χ2v) is 6.45. The minimum atomic E-state index is -0.0838. The summed E-state index contributed by atoms with van der Waals surface area (Å²) in [5.74, 6) is 1.65. The maximum absolute atomic E-state index is 12.0. The number of methoxy groups -OCH3 is 3. The number of amides is 1. The van der Waals surface area contributed by atoms with Gasteiger partial charge in [0.25, 0.3) is 0 Å². The van der Waals surface area contributed by atoms with Crippen LogP contribution in [0.1, 0.15) is 12.0 Å². The first-order chi connectivity index (χ1) is 12.6. The van der Waals surface area contributed by atoms with E-state index in [0.29, 0.717) is 29.2 Å². The van der Waals surface area contributed by atoms with E-state index in [1.54, 1.807) is 44.6 Å². The largest absolute Gasteiger partial charge is 0.496 e. The van der Waals surface area contributed by atoms with Crippen LogP contribution in [0.25, 0.3) is 0 Å². The Labute approximate surface area is 154 Å². The van der Waals surface area contributed by atoms with Gasteiger partial charge < -0.3 is 24.0 Å². The molecule has 1 aromatic carbocycles. The number of nitrogens with one attached hydrogen (secondary N) is 3. The average molecular weight is 366 g/mol. The quantitative estimate of drug-likeness (QED) is 0.366. The number of piperazine rings is 1. The van der Waals surface area contributed by atoms with Gasteiger partial charge in [0.05, 0.1) is 47.6 Å². The molecule has 0 aliphatic carbocycles. The first-order valence-corrected chi connectivity index (χ1v) is 8.84.